The van der Waals surface area contributed by atoms with Crippen molar-refractivity contribution in [2.45, 2.75) is 39.7 Å². The van der Waals surface area contributed by atoms with Crippen LogP contribution in [0, 0.1) is 12.8 Å². The highest BCUT2D eigenvalue weighted by Gasteiger charge is 2.17. The van der Waals surface area contributed by atoms with Crippen molar-refractivity contribution in [2.75, 3.05) is 31.5 Å². The molecule has 2 aromatic rings. The molecule has 5 heteroatoms. The highest BCUT2D eigenvalue weighted by atomic mass is 32.1. The number of aryl methyl sites for hydroxylation is 1. The maximum atomic E-state index is 5.71. The summed E-state index contributed by atoms with van der Waals surface area (Å²) in [5.41, 5.74) is 2.27. The molecule has 1 atom stereocenters. The molecule has 4 nitrogen and oxygen atoms in total. The van der Waals surface area contributed by atoms with E-state index in [1.165, 1.54) is 31.5 Å². The van der Waals surface area contributed by atoms with Crippen LogP contribution in [0.5, 0.6) is 0 Å². The lowest BCUT2D eigenvalue weighted by Gasteiger charge is -2.32. The van der Waals surface area contributed by atoms with Crippen LogP contribution in [0.1, 0.15) is 37.5 Å². The molecule has 1 N–H and O–H groups in total. The van der Waals surface area contributed by atoms with Gasteiger partial charge in [-0.05, 0) is 81.7 Å². The molecule has 0 spiro atoms. The minimum absolute atomic E-state index is 0.696. The van der Waals surface area contributed by atoms with Gasteiger partial charge in [0.05, 0.1) is 12.8 Å². The fourth-order valence-electron chi connectivity index (χ4n) is 3.66. The van der Waals surface area contributed by atoms with E-state index in [1.807, 2.05) is 12.1 Å². The van der Waals surface area contributed by atoms with E-state index in [9.17, 15) is 0 Å². The molecular formula is C22H31N3OS. The van der Waals surface area contributed by atoms with E-state index in [-0.39, 0.29) is 0 Å². The summed E-state index contributed by atoms with van der Waals surface area (Å²) >= 11 is 5.71. The normalized spacial score (nSPS) is 17.6. The zero-order valence-electron chi connectivity index (χ0n) is 16.5. The molecule has 1 fully saturated rings. The highest BCUT2D eigenvalue weighted by molar-refractivity contribution is 7.80. The van der Waals surface area contributed by atoms with E-state index in [4.69, 9.17) is 16.6 Å². The van der Waals surface area contributed by atoms with Crippen molar-refractivity contribution in [3.05, 3.63) is 54.0 Å². The van der Waals surface area contributed by atoms with Gasteiger partial charge in [0, 0.05) is 18.8 Å². The molecule has 146 valence electrons. The van der Waals surface area contributed by atoms with Crippen LogP contribution >= 0.6 is 12.2 Å². The molecule has 0 bridgehead atoms. The number of nitrogens with one attached hydrogen (secondary N) is 1. The Hall–Kier alpha value is -1.85. The van der Waals surface area contributed by atoms with Gasteiger partial charge < -0.3 is 19.5 Å². The number of furan rings is 1. The van der Waals surface area contributed by atoms with Gasteiger partial charge in [0.1, 0.15) is 5.76 Å². The quantitative estimate of drug-likeness (QED) is 0.685. The Morgan fingerprint density at radius 1 is 1.30 bits per heavy atom. The first-order valence-corrected chi connectivity index (χ1v) is 10.4. The average molecular weight is 386 g/mol. The predicted octanol–water partition coefficient (Wildman–Crippen LogP) is 4.91. The van der Waals surface area contributed by atoms with Gasteiger partial charge >= 0.3 is 0 Å². The lowest BCUT2D eigenvalue weighted by molar-refractivity contribution is 0.177. The maximum absolute atomic E-state index is 5.71. The molecule has 27 heavy (non-hydrogen) atoms. The zero-order chi connectivity index (χ0) is 19.1. The van der Waals surface area contributed by atoms with Crippen LogP contribution < -0.4 is 5.32 Å². The first-order chi connectivity index (χ1) is 13.1. The third-order valence-electron chi connectivity index (χ3n) is 5.16. The second-order valence-electron chi connectivity index (χ2n) is 7.70. The van der Waals surface area contributed by atoms with Gasteiger partial charge in [-0.1, -0.05) is 24.6 Å². The van der Waals surface area contributed by atoms with Gasteiger partial charge in [0.15, 0.2) is 5.11 Å². The Morgan fingerprint density at radius 3 is 2.81 bits per heavy atom. The first kappa shape index (κ1) is 19.9. The summed E-state index contributed by atoms with van der Waals surface area (Å²) in [6.45, 7) is 9.65. The van der Waals surface area contributed by atoms with E-state index in [1.54, 1.807) is 6.26 Å². The molecule has 1 aliphatic heterocycles. The smallest absolute Gasteiger partial charge is 0.173 e. The molecule has 0 unspecified atom stereocenters. The summed E-state index contributed by atoms with van der Waals surface area (Å²) in [7, 11) is 0. The summed E-state index contributed by atoms with van der Waals surface area (Å²) in [6, 6.07) is 12.3. The monoisotopic (exact) mass is 385 g/mol. The van der Waals surface area contributed by atoms with Gasteiger partial charge in [-0.15, -0.1) is 0 Å². The molecular weight excluding hydrogens is 354 g/mol. The Bertz CT molecular complexity index is 699. The fourth-order valence-corrected chi connectivity index (χ4v) is 3.93. The zero-order valence-corrected chi connectivity index (χ0v) is 17.3. The molecule has 1 saturated heterocycles. The van der Waals surface area contributed by atoms with Crippen LogP contribution in [-0.2, 0) is 6.54 Å². The lowest BCUT2D eigenvalue weighted by atomic mass is 10.0. The molecule has 0 amide bonds. The number of thiocarbonyl (C=S) groups is 1. The van der Waals surface area contributed by atoms with Crippen molar-refractivity contribution in [2.24, 2.45) is 5.92 Å². The summed E-state index contributed by atoms with van der Waals surface area (Å²) in [4.78, 5) is 4.80. The van der Waals surface area contributed by atoms with Crippen LogP contribution in [0.4, 0.5) is 5.69 Å². The third-order valence-corrected chi connectivity index (χ3v) is 5.52. The van der Waals surface area contributed by atoms with Crippen molar-refractivity contribution >= 4 is 23.0 Å². The van der Waals surface area contributed by atoms with Crippen molar-refractivity contribution in [1.29, 1.82) is 0 Å². The Morgan fingerprint density at radius 2 is 2.11 bits per heavy atom. The standard InChI is InChI=1S/C22H31N3OS/c1-18-8-10-20(11-9-18)23-22(27)25(17-21-7-4-15-26-21)14-5-13-24-12-3-6-19(2)16-24/h4,7-11,15,19H,3,5-6,12-14,16-17H2,1-2H3,(H,23,27)/t19-/m0/s1. The van der Waals surface area contributed by atoms with Crippen LogP contribution in [0.25, 0.3) is 0 Å². The van der Waals surface area contributed by atoms with E-state index >= 15 is 0 Å². The van der Waals surface area contributed by atoms with Crippen molar-refractivity contribution in [1.82, 2.24) is 9.80 Å². The van der Waals surface area contributed by atoms with Gasteiger partial charge in [0.25, 0.3) is 0 Å². The maximum Gasteiger partial charge on any atom is 0.173 e. The Balaban J connectivity index is 1.56. The Labute approximate surface area is 168 Å². The van der Waals surface area contributed by atoms with E-state index in [0.717, 1.165) is 42.0 Å². The van der Waals surface area contributed by atoms with Gasteiger partial charge in [-0.25, -0.2) is 0 Å². The van der Waals surface area contributed by atoms with Crippen molar-refractivity contribution < 1.29 is 4.42 Å². The van der Waals surface area contributed by atoms with Crippen LogP contribution in [-0.4, -0.2) is 41.1 Å². The summed E-state index contributed by atoms with van der Waals surface area (Å²) in [6.07, 6.45) is 5.51. The van der Waals surface area contributed by atoms with Gasteiger partial charge in [-0.3, -0.25) is 0 Å². The van der Waals surface area contributed by atoms with Crippen LogP contribution in [0.2, 0.25) is 0 Å². The van der Waals surface area contributed by atoms with E-state index < -0.39 is 0 Å². The average Bonchev–Trinajstić information content (AvgIpc) is 3.16. The van der Waals surface area contributed by atoms with Gasteiger partial charge in [0.2, 0.25) is 0 Å². The predicted molar refractivity (Wildman–Crippen MR) is 116 cm³/mol. The van der Waals surface area contributed by atoms with E-state index in [0.29, 0.717) is 6.54 Å². The number of hydrogen-bond acceptors (Lipinski definition) is 3. The molecule has 1 aliphatic rings. The topological polar surface area (TPSA) is 31.6 Å². The molecule has 1 aromatic carbocycles. The largest absolute Gasteiger partial charge is 0.467 e. The lowest BCUT2D eigenvalue weighted by Crippen LogP contribution is -2.39. The van der Waals surface area contributed by atoms with Crippen LogP contribution in [0.15, 0.2) is 47.1 Å². The number of piperidine rings is 1. The number of nitrogens with zero attached hydrogens (tertiary/aromatic N) is 2. The third kappa shape index (κ3) is 6.36. The van der Waals surface area contributed by atoms with E-state index in [2.05, 4.69) is 53.2 Å². The molecule has 1 aromatic heterocycles. The second-order valence-corrected chi connectivity index (χ2v) is 8.09. The van der Waals surface area contributed by atoms with Gasteiger partial charge in [-0.2, -0.15) is 0 Å². The number of rotatable bonds is 7. The van der Waals surface area contributed by atoms with Crippen molar-refractivity contribution in [3.63, 3.8) is 0 Å². The molecule has 0 saturated carbocycles. The minimum Gasteiger partial charge on any atom is -0.467 e. The number of hydrogen-bond donors (Lipinski definition) is 1. The number of benzene rings is 1. The number of likely N-dealkylation sites (tertiary alicyclic amines) is 1. The molecule has 0 radical (unpaired) electrons. The summed E-state index contributed by atoms with van der Waals surface area (Å²) < 4.78 is 5.55. The first-order valence-electron chi connectivity index (χ1n) is 9.97. The molecule has 2 heterocycles. The number of anilines is 1. The summed E-state index contributed by atoms with van der Waals surface area (Å²) in [5, 5.41) is 4.13. The van der Waals surface area contributed by atoms with Crippen molar-refractivity contribution in [3.8, 4) is 0 Å². The highest BCUT2D eigenvalue weighted by Crippen LogP contribution is 2.16. The summed E-state index contributed by atoms with van der Waals surface area (Å²) in [5.74, 6) is 1.76. The van der Waals surface area contributed by atoms with Crippen LogP contribution in [0.3, 0.4) is 0 Å². The minimum atomic E-state index is 0.696. The molecule has 0 aliphatic carbocycles. The fraction of sp³-hybridized carbons (Fsp3) is 0.500. The Kier molecular flexibility index (Phi) is 7.30. The molecule has 3 rings (SSSR count). The second kappa shape index (κ2) is 9.90. The SMILES string of the molecule is Cc1ccc(NC(=S)N(CCCN2CCC[C@H](C)C2)Cc2ccco2)cc1.